The molecule has 0 saturated carbocycles. The zero-order valence-electron chi connectivity index (χ0n) is 19.8. The molecule has 1 fully saturated rings. The SMILES string of the molecule is COc1ccc(N2CCn3c2nn(CC(=O)N2CCC(Cc4ccccc4)CC2)c(=O)c3=O)cc1. The lowest BCUT2D eigenvalue weighted by Crippen LogP contribution is -2.47. The molecule has 0 aliphatic carbocycles. The van der Waals surface area contributed by atoms with E-state index in [1.54, 1.807) is 12.0 Å². The van der Waals surface area contributed by atoms with Crippen LogP contribution in [0.25, 0.3) is 0 Å². The van der Waals surface area contributed by atoms with E-state index < -0.39 is 11.1 Å². The van der Waals surface area contributed by atoms with Gasteiger partial charge in [0.1, 0.15) is 12.3 Å². The van der Waals surface area contributed by atoms with Crippen molar-refractivity contribution in [2.75, 3.05) is 31.6 Å². The van der Waals surface area contributed by atoms with Gasteiger partial charge < -0.3 is 14.5 Å². The van der Waals surface area contributed by atoms with Crippen LogP contribution in [-0.4, -0.2) is 51.9 Å². The van der Waals surface area contributed by atoms with Gasteiger partial charge in [0.05, 0.1) is 7.11 Å². The number of aromatic nitrogens is 3. The summed E-state index contributed by atoms with van der Waals surface area (Å²) in [6.45, 7) is 1.94. The number of hydrogen-bond donors (Lipinski definition) is 0. The average Bonchev–Trinajstić information content (AvgIpc) is 3.32. The number of anilines is 2. The van der Waals surface area contributed by atoms with Gasteiger partial charge in [0, 0.05) is 31.9 Å². The Kier molecular flexibility index (Phi) is 6.39. The van der Waals surface area contributed by atoms with Gasteiger partial charge in [0.25, 0.3) is 0 Å². The third kappa shape index (κ3) is 4.71. The fraction of sp³-hybridized carbons (Fsp3) is 0.385. The highest BCUT2D eigenvalue weighted by Crippen LogP contribution is 2.28. The molecule has 1 saturated heterocycles. The van der Waals surface area contributed by atoms with Crippen molar-refractivity contribution < 1.29 is 9.53 Å². The van der Waals surface area contributed by atoms with Crippen molar-refractivity contribution in [3.05, 3.63) is 80.9 Å². The first-order valence-electron chi connectivity index (χ1n) is 12.0. The van der Waals surface area contributed by atoms with Crippen LogP contribution >= 0.6 is 0 Å². The third-order valence-electron chi connectivity index (χ3n) is 6.91. The maximum absolute atomic E-state index is 13.0. The summed E-state index contributed by atoms with van der Waals surface area (Å²) in [6, 6.07) is 17.8. The molecule has 5 rings (SSSR count). The number of piperidine rings is 1. The van der Waals surface area contributed by atoms with Crippen LogP contribution in [0.4, 0.5) is 11.6 Å². The van der Waals surface area contributed by atoms with E-state index in [4.69, 9.17) is 4.74 Å². The Hall–Kier alpha value is -3.88. The molecule has 3 heterocycles. The number of rotatable bonds is 6. The Morgan fingerprint density at radius 3 is 2.34 bits per heavy atom. The molecule has 182 valence electrons. The van der Waals surface area contributed by atoms with E-state index in [1.165, 1.54) is 10.1 Å². The molecule has 0 atom stereocenters. The van der Waals surface area contributed by atoms with Gasteiger partial charge in [-0.2, -0.15) is 0 Å². The molecule has 9 heteroatoms. The van der Waals surface area contributed by atoms with Gasteiger partial charge in [0.15, 0.2) is 0 Å². The van der Waals surface area contributed by atoms with Gasteiger partial charge >= 0.3 is 11.1 Å². The van der Waals surface area contributed by atoms with Crippen LogP contribution in [0.3, 0.4) is 0 Å². The summed E-state index contributed by atoms with van der Waals surface area (Å²) in [7, 11) is 1.60. The number of hydrogen-bond acceptors (Lipinski definition) is 6. The molecule has 35 heavy (non-hydrogen) atoms. The zero-order chi connectivity index (χ0) is 24.4. The van der Waals surface area contributed by atoms with Crippen LogP contribution in [0, 0.1) is 5.92 Å². The highest BCUT2D eigenvalue weighted by atomic mass is 16.5. The van der Waals surface area contributed by atoms with Gasteiger partial charge in [-0.15, -0.1) is 5.10 Å². The number of likely N-dealkylation sites (tertiary alicyclic amines) is 1. The van der Waals surface area contributed by atoms with Crippen molar-refractivity contribution in [2.45, 2.75) is 32.4 Å². The third-order valence-corrected chi connectivity index (χ3v) is 6.91. The summed E-state index contributed by atoms with van der Waals surface area (Å²) < 4.78 is 7.62. The summed E-state index contributed by atoms with van der Waals surface area (Å²) in [6.07, 6.45) is 2.84. The predicted octanol–water partition coefficient (Wildman–Crippen LogP) is 2.05. The lowest BCUT2D eigenvalue weighted by molar-refractivity contribution is -0.133. The summed E-state index contributed by atoms with van der Waals surface area (Å²) >= 11 is 0. The second-order valence-electron chi connectivity index (χ2n) is 9.08. The molecule has 1 aromatic heterocycles. The van der Waals surface area contributed by atoms with Crippen molar-refractivity contribution in [1.82, 2.24) is 19.2 Å². The molecular formula is C26H29N5O4. The highest BCUT2D eigenvalue weighted by molar-refractivity contribution is 5.76. The second kappa shape index (κ2) is 9.77. The minimum Gasteiger partial charge on any atom is -0.497 e. The number of carbonyl (C=O) groups is 1. The second-order valence-corrected chi connectivity index (χ2v) is 9.08. The lowest BCUT2D eigenvalue weighted by Gasteiger charge is -2.32. The first-order valence-corrected chi connectivity index (χ1v) is 12.0. The molecule has 0 radical (unpaired) electrons. The molecular weight excluding hydrogens is 446 g/mol. The van der Waals surface area contributed by atoms with E-state index in [-0.39, 0.29) is 12.5 Å². The normalized spacial score (nSPS) is 15.8. The molecule has 2 aliphatic rings. The number of fused-ring (bicyclic) bond motifs is 1. The number of benzene rings is 2. The molecule has 0 unspecified atom stereocenters. The molecule has 0 spiro atoms. The van der Waals surface area contributed by atoms with Crippen LogP contribution in [0.1, 0.15) is 18.4 Å². The van der Waals surface area contributed by atoms with E-state index in [0.29, 0.717) is 38.0 Å². The summed E-state index contributed by atoms with van der Waals surface area (Å²) in [5.41, 5.74) is 0.729. The van der Waals surface area contributed by atoms with E-state index in [2.05, 4.69) is 17.2 Å². The Bertz CT molecular complexity index is 1310. The van der Waals surface area contributed by atoms with E-state index in [9.17, 15) is 14.4 Å². The molecule has 2 aromatic carbocycles. The van der Waals surface area contributed by atoms with Crippen LogP contribution in [0.15, 0.2) is 64.2 Å². The molecule has 0 bridgehead atoms. The molecule has 2 aliphatic heterocycles. The largest absolute Gasteiger partial charge is 0.497 e. The van der Waals surface area contributed by atoms with Crippen LogP contribution in [0.2, 0.25) is 0 Å². The Morgan fingerprint density at radius 1 is 0.943 bits per heavy atom. The quantitative estimate of drug-likeness (QED) is 0.507. The maximum atomic E-state index is 13.0. The van der Waals surface area contributed by atoms with Crippen LogP contribution < -0.4 is 20.8 Å². The van der Waals surface area contributed by atoms with E-state index in [1.807, 2.05) is 47.4 Å². The van der Waals surface area contributed by atoms with Crippen molar-refractivity contribution in [3.8, 4) is 5.75 Å². The van der Waals surface area contributed by atoms with Crippen molar-refractivity contribution in [1.29, 1.82) is 0 Å². The first kappa shape index (κ1) is 22.9. The highest BCUT2D eigenvalue weighted by Gasteiger charge is 2.28. The van der Waals surface area contributed by atoms with Crippen LogP contribution in [0.5, 0.6) is 5.75 Å². The van der Waals surface area contributed by atoms with Gasteiger partial charge in [-0.3, -0.25) is 19.0 Å². The number of carbonyl (C=O) groups excluding carboxylic acids is 1. The minimum atomic E-state index is -0.766. The first-order chi connectivity index (χ1) is 17.0. The smallest absolute Gasteiger partial charge is 0.333 e. The summed E-state index contributed by atoms with van der Waals surface area (Å²) in [5.74, 6) is 1.44. The average molecular weight is 476 g/mol. The molecule has 0 N–H and O–H groups in total. The van der Waals surface area contributed by atoms with Crippen molar-refractivity contribution in [3.63, 3.8) is 0 Å². The van der Waals surface area contributed by atoms with Gasteiger partial charge in [-0.05, 0) is 55.0 Å². The monoisotopic (exact) mass is 475 g/mol. The number of methoxy groups -OCH3 is 1. The van der Waals surface area contributed by atoms with Crippen LogP contribution in [-0.2, 0) is 24.3 Å². The Balaban J connectivity index is 1.28. The fourth-order valence-electron chi connectivity index (χ4n) is 4.90. The van der Waals surface area contributed by atoms with Gasteiger partial charge in [-0.25, -0.2) is 4.68 Å². The number of amides is 1. The minimum absolute atomic E-state index is 0.184. The Labute approximate surface area is 203 Å². The van der Waals surface area contributed by atoms with Crippen molar-refractivity contribution in [2.24, 2.45) is 5.92 Å². The lowest BCUT2D eigenvalue weighted by atomic mass is 9.90. The van der Waals surface area contributed by atoms with E-state index in [0.717, 1.165) is 35.4 Å². The molecule has 1 amide bonds. The molecule has 3 aromatic rings. The Morgan fingerprint density at radius 2 is 1.66 bits per heavy atom. The maximum Gasteiger partial charge on any atom is 0.333 e. The fourth-order valence-corrected chi connectivity index (χ4v) is 4.90. The predicted molar refractivity (Wildman–Crippen MR) is 132 cm³/mol. The molecule has 9 nitrogen and oxygen atoms in total. The number of ether oxygens (including phenoxy) is 1. The van der Waals surface area contributed by atoms with Gasteiger partial charge in [0.2, 0.25) is 11.9 Å². The van der Waals surface area contributed by atoms with Crippen molar-refractivity contribution >= 4 is 17.5 Å². The van der Waals surface area contributed by atoms with Gasteiger partial charge in [-0.1, -0.05) is 30.3 Å². The topological polar surface area (TPSA) is 89.7 Å². The number of nitrogens with zero attached hydrogens (tertiary/aromatic N) is 5. The summed E-state index contributed by atoms with van der Waals surface area (Å²) in [5, 5.41) is 4.43. The summed E-state index contributed by atoms with van der Waals surface area (Å²) in [4.78, 5) is 42.1. The van der Waals surface area contributed by atoms with E-state index >= 15 is 0 Å². The zero-order valence-corrected chi connectivity index (χ0v) is 19.8. The standard InChI is InChI=1S/C26H29N5O4/c1-35-22-9-7-21(8-10-22)29-15-16-30-24(33)25(34)31(27-26(29)30)18-23(32)28-13-11-20(12-14-28)17-19-5-3-2-4-6-19/h2-10,20H,11-18H2,1H3.